The highest BCUT2D eigenvalue weighted by Gasteiger charge is 2.36. The van der Waals surface area contributed by atoms with Crippen molar-refractivity contribution in [2.45, 2.75) is 37.1 Å². The average molecular weight is 405 g/mol. The normalized spacial score (nSPS) is 19.4. The molecule has 2 aliphatic heterocycles. The van der Waals surface area contributed by atoms with Crippen LogP contribution in [0.1, 0.15) is 35.7 Å². The number of fused-ring (bicyclic) bond motifs is 1. The highest BCUT2D eigenvalue weighted by atomic mass is 35.5. The van der Waals surface area contributed by atoms with Gasteiger partial charge in [-0.3, -0.25) is 9.10 Å². The topological polar surface area (TPSA) is 57.7 Å². The van der Waals surface area contributed by atoms with Crippen molar-refractivity contribution >= 4 is 33.2 Å². The number of sulfonamides is 1. The number of rotatable bonds is 3. The minimum Gasteiger partial charge on any atom is -0.339 e. The van der Waals surface area contributed by atoms with Gasteiger partial charge in [-0.05, 0) is 74.2 Å². The van der Waals surface area contributed by atoms with Gasteiger partial charge in [-0.1, -0.05) is 11.6 Å². The molecule has 2 heterocycles. The van der Waals surface area contributed by atoms with E-state index in [0.29, 0.717) is 22.7 Å². The summed E-state index contributed by atoms with van der Waals surface area (Å²) in [6.45, 7) is 3.47. The third-order valence-electron chi connectivity index (χ3n) is 5.24. The molecule has 0 spiro atoms. The minimum atomic E-state index is -3.69. The number of hydrogen-bond donors (Lipinski definition) is 0. The fourth-order valence-corrected chi connectivity index (χ4v) is 5.74. The van der Waals surface area contributed by atoms with Crippen LogP contribution in [0.4, 0.5) is 5.69 Å². The van der Waals surface area contributed by atoms with Gasteiger partial charge in [0, 0.05) is 29.7 Å². The van der Waals surface area contributed by atoms with E-state index in [1.807, 2.05) is 17.9 Å². The molecule has 2 aliphatic rings. The maximum absolute atomic E-state index is 13.2. The van der Waals surface area contributed by atoms with Crippen molar-refractivity contribution in [3.05, 3.63) is 58.6 Å². The summed E-state index contributed by atoms with van der Waals surface area (Å²) in [5, 5.41) is 0.494. The van der Waals surface area contributed by atoms with Gasteiger partial charge in [0.05, 0.1) is 10.6 Å². The molecule has 1 saturated heterocycles. The van der Waals surface area contributed by atoms with Gasteiger partial charge < -0.3 is 4.90 Å². The van der Waals surface area contributed by atoms with Gasteiger partial charge in [0.1, 0.15) is 0 Å². The first-order valence-electron chi connectivity index (χ1n) is 9.10. The molecule has 0 unspecified atom stereocenters. The Hall–Kier alpha value is -2.05. The number of carbonyl (C=O) groups is 1. The van der Waals surface area contributed by atoms with Crippen LogP contribution in [0.25, 0.3) is 0 Å². The molecule has 5 nitrogen and oxygen atoms in total. The van der Waals surface area contributed by atoms with Gasteiger partial charge >= 0.3 is 0 Å². The molecule has 2 aromatic rings. The summed E-state index contributed by atoms with van der Waals surface area (Å²) in [7, 11) is -3.69. The third kappa shape index (κ3) is 3.21. The predicted octanol–water partition coefficient (Wildman–Crippen LogP) is 3.72. The Kier molecular flexibility index (Phi) is 4.64. The summed E-state index contributed by atoms with van der Waals surface area (Å²) < 4.78 is 27.8. The molecule has 0 radical (unpaired) electrons. The summed E-state index contributed by atoms with van der Waals surface area (Å²) in [5.74, 6) is 0.0296. The van der Waals surface area contributed by atoms with E-state index in [4.69, 9.17) is 11.6 Å². The second-order valence-electron chi connectivity index (χ2n) is 7.15. The van der Waals surface area contributed by atoms with Gasteiger partial charge in [-0.25, -0.2) is 8.42 Å². The van der Waals surface area contributed by atoms with Crippen LogP contribution < -0.4 is 4.31 Å². The monoisotopic (exact) mass is 404 g/mol. The van der Waals surface area contributed by atoms with E-state index < -0.39 is 10.0 Å². The number of hydrogen-bond acceptors (Lipinski definition) is 3. The summed E-state index contributed by atoms with van der Waals surface area (Å²) in [6, 6.07) is 11.3. The molecule has 2 aromatic carbocycles. The lowest BCUT2D eigenvalue weighted by molar-refractivity contribution is 0.0792. The molecular formula is C20H21ClN2O3S. The largest absolute Gasteiger partial charge is 0.339 e. The minimum absolute atomic E-state index is 0.0296. The van der Waals surface area contributed by atoms with Crippen molar-refractivity contribution in [3.8, 4) is 0 Å². The molecule has 1 fully saturated rings. The van der Waals surface area contributed by atoms with Gasteiger partial charge in [0.15, 0.2) is 0 Å². The summed E-state index contributed by atoms with van der Waals surface area (Å²) in [4.78, 5) is 14.7. The Morgan fingerprint density at radius 2 is 1.74 bits per heavy atom. The van der Waals surface area contributed by atoms with E-state index in [1.165, 1.54) is 16.4 Å². The van der Waals surface area contributed by atoms with E-state index >= 15 is 0 Å². The van der Waals surface area contributed by atoms with Crippen molar-refractivity contribution in [3.63, 3.8) is 0 Å². The molecule has 1 amide bonds. The van der Waals surface area contributed by atoms with E-state index in [1.54, 1.807) is 24.3 Å². The molecule has 0 N–H and O–H groups in total. The molecule has 0 saturated carbocycles. The molecule has 142 valence electrons. The van der Waals surface area contributed by atoms with Crippen molar-refractivity contribution in [2.24, 2.45) is 0 Å². The first kappa shape index (κ1) is 18.3. The molecular weight excluding hydrogens is 384 g/mol. The van der Waals surface area contributed by atoms with Gasteiger partial charge in [-0.2, -0.15) is 0 Å². The fraction of sp³-hybridized carbons (Fsp3) is 0.350. The fourth-order valence-electron chi connectivity index (χ4n) is 3.92. The number of anilines is 1. The molecule has 4 rings (SSSR count). The van der Waals surface area contributed by atoms with E-state index in [9.17, 15) is 13.2 Å². The Bertz CT molecular complexity index is 983. The molecule has 0 bridgehead atoms. The van der Waals surface area contributed by atoms with E-state index in [2.05, 4.69) is 0 Å². The van der Waals surface area contributed by atoms with Gasteiger partial charge in [-0.15, -0.1) is 0 Å². The smallest absolute Gasteiger partial charge is 0.264 e. The van der Waals surface area contributed by atoms with Crippen molar-refractivity contribution in [2.75, 3.05) is 17.4 Å². The molecule has 27 heavy (non-hydrogen) atoms. The van der Waals surface area contributed by atoms with E-state index in [0.717, 1.165) is 31.5 Å². The number of benzene rings is 2. The first-order valence-corrected chi connectivity index (χ1v) is 10.9. The van der Waals surface area contributed by atoms with Gasteiger partial charge in [0.25, 0.3) is 15.9 Å². The van der Waals surface area contributed by atoms with Crippen LogP contribution in [-0.4, -0.2) is 38.4 Å². The van der Waals surface area contributed by atoms with Crippen LogP contribution in [0.2, 0.25) is 5.02 Å². The van der Waals surface area contributed by atoms with Crippen LogP contribution in [0, 0.1) is 0 Å². The van der Waals surface area contributed by atoms with Crippen molar-refractivity contribution < 1.29 is 13.2 Å². The number of likely N-dealkylation sites (tertiary alicyclic amines) is 1. The van der Waals surface area contributed by atoms with Crippen LogP contribution in [0.5, 0.6) is 0 Å². The molecule has 1 atom stereocenters. The van der Waals surface area contributed by atoms with Crippen LogP contribution >= 0.6 is 11.6 Å². The van der Waals surface area contributed by atoms with Gasteiger partial charge in [0.2, 0.25) is 0 Å². The predicted molar refractivity (Wildman–Crippen MR) is 106 cm³/mol. The summed E-state index contributed by atoms with van der Waals surface area (Å²) in [6.07, 6.45) is 2.67. The van der Waals surface area contributed by atoms with Crippen LogP contribution in [-0.2, 0) is 16.4 Å². The number of nitrogens with zero attached hydrogens (tertiary/aromatic N) is 2. The first-order chi connectivity index (χ1) is 12.9. The standard InChI is InChI=1S/C20H21ClN2O3S/c1-14-12-16-13-15(20(24)22-10-2-3-11-22)4-9-19(16)23(14)27(25,26)18-7-5-17(21)6-8-18/h4-9,13-14H,2-3,10-12H2,1H3/t14-/m0/s1. The average Bonchev–Trinajstić information content (AvgIpc) is 3.28. The zero-order chi connectivity index (χ0) is 19.2. The highest BCUT2D eigenvalue weighted by molar-refractivity contribution is 7.92. The Balaban J connectivity index is 1.68. The van der Waals surface area contributed by atoms with Crippen molar-refractivity contribution in [1.82, 2.24) is 4.90 Å². The maximum Gasteiger partial charge on any atom is 0.264 e. The highest BCUT2D eigenvalue weighted by Crippen LogP contribution is 2.37. The zero-order valence-corrected chi connectivity index (χ0v) is 16.6. The second-order valence-corrected chi connectivity index (χ2v) is 9.40. The van der Waals surface area contributed by atoms with Crippen LogP contribution in [0.3, 0.4) is 0 Å². The van der Waals surface area contributed by atoms with Crippen molar-refractivity contribution in [1.29, 1.82) is 0 Å². The SMILES string of the molecule is C[C@H]1Cc2cc(C(=O)N3CCCC3)ccc2N1S(=O)(=O)c1ccc(Cl)cc1. The maximum atomic E-state index is 13.2. The van der Waals surface area contributed by atoms with Crippen LogP contribution in [0.15, 0.2) is 47.4 Å². The van der Waals surface area contributed by atoms with E-state index in [-0.39, 0.29) is 16.8 Å². The quantitative estimate of drug-likeness (QED) is 0.783. The Morgan fingerprint density at radius 1 is 1.07 bits per heavy atom. The molecule has 0 aromatic heterocycles. The number of carbonyl (C=O) groups excluding carboxylic acids is 1. The lowest BCUT2D eigenvalue weighted by Crippen LogP contribution is -2.35. The summed E-state index contributed by atoms with van der Waals surface area (Å²) >= 11 is 5.89. The number of amides is 1. The lowest BCUT2D eigenvalue weighted by Gasteiger charge is -2.24. The second kappa shape index (κ2) is 6.84. The lowest BCUT2D eigenvalue weighted by atomic mass is 10.1. The number of halogens is 1. The Morgan fingerprint density at radius 3 is 2.41 bits per heavy atom. The zero-order valence-electron chi connectivity index (χ0n) is 15.1. The summed E-state index contributed by atoms with van der Waals surface area (Å²) in [5.41, 5.74) is 2.18. The third-order valence-corrected chi connectivity index (χ3v) is 7.44. The molecule has 0 aliphatic carbocycles. The molecule has 7 heteroatoms. The Labute approximate surface area is 164 Å².